The number of hydrogen-bond donors (Lipinski definition) is 1. The number of thiazole rings is 1. The van der Waals surface area contributed by atoms with Crippen molar-refractivity contribution in [1.82, 2.24) is 15.0 Å². The highest BCUT2D eigenvalue weighted by Crippen LogP contribution is 2.36. The van der Waals surface area contributed by atoms with Gasteiger partial charge in [0.25, 0.3) is 0 Å². The van der Waals surface area contributed by atoms with Crippen LogP contribution in [0.2, 0.25) is 5.02 Å². The van der Waals surface area contributed by atoms with Crippen molar-refractivity contribution in [3.05, 3.63) is 59.2 Å². The van der Waals surface area contributed by atoms with Crippen LogP contribution < -0.4 is 5.32 Å². The van der Waals surface area contributed by atoms with Gasteiger partial charge in [-0.25, -0.2) is 9.97 Å². The van der Waals surface area contributed by atoms with Crippen molar-refractivity contribution in [3.8, 4) is 0 Å². The van der Waals surface area contributed by atoms with Crippen LogP contribution in [0, 0.1) is 6.57 Å². The zero-order valence-electron chi connectivity index (χ0n) is 11.6. The zero-order valence-corrected chi connectivity index (χ0v) is 13.2. The van der Waals surface area contributed by atoms with E-state index in [0.717, 1.165) is 26.8 Å². The molecular weight excluding hydrogens is 330 g/mol. The maximum absolute atomic E-state index is 7.15. The quantitative estimate of drug-likeness (QED) is 0.511. The molecule has 110 valence electrons. The summed E-state index contributed by atoms with van der Waals surface area (Å²) in [6.45, 7) is 7.15. The van der Waals surface area contributed by atoms with Gasteiger partial charge in [0.2, 0.25) is 0 Å². The van der Waals surface area contributed by atoms with Gasteiger partial charge in [0.05, 0.1) is 15.6 Å². The van der Waals surface area contributed by atoms with Crippen LogP contribution in [0.15, 0.2) is 42.7 Å². The first-order valence-electron chi connectivity index (χ1n) is 6.69. The molecule has 5 nitrogen and oxygen atoms in total. The Bertz CT molecular complexity index is 1070. The smallest absolute Gasteiger partial charge is 0.330 e. The second-order valence-corrected chi connectivity index (χ2v) is 6.18. The van der Waals surface area contributed by atoms with E-state index in [4.69, 9.17) is 18.2 Å². The maximum Gasteiger partial charge on any atom is 0.330 e. The minimum Gasteiger partial charge on any atom is -0.351 e. The molecule has 0 aliphatic heterocycles. The molecule has 2 aromatic heterocycles. The van der Waals surface area contributed by atoms with E-state index in [1.54, 1.807) is 0 Å². The molecule has 1 N–H and O–H groups in total. The third kappa shape index (κ3) is 2.46. The summed E-state index contributed by atoms with van der Waals surface area (Å²) in [6.07, 6.45) is 1.52. The van der Waals surface area contributed by atoms with E-state index < -0.39 is 0 Å². The third-order valence-corrected chi connectivity index (χ3v) is 4.58. The Morgan fingerprint density at radius 2 is 1.83 bits per heavy atom. The molecule has 2 heterocycles. The van der Waals surface area contributed by atoms with Gasteiger partial charge in [0.1, 0.15) is 12.1 Å². The second kappa shape index (κ2) is 5.47. The summed E-state index contributed by atoms with van der Waals surface area (Å²) >= 11 is 7.27. The van der Waals surface area contributed by atoms with Crippen molar-refractivity contribution in [2.24, 2.45) is 0 Å². The van der Waals surface area contributed by atoms with Gasteiger partial charge in [-0.05, 0) is 36.4 Å². The number of hydrogen-bond acceptors (Lipinski definition) is 5. The van der Waals surface area contributed by atoms with E-state index in [1.165, 1.54) is 17.7 Å². The molecule has 0 bridgehead atoms. The highest BCUT2D eigenvalue weighted by atomic mass is 35.5. The molecule has 0 saturated heterocycles. The summed E-state index contributed by atoms with van der Waals surface area (Å²) in [5.41, 5.74) is 2.47. The first-order chi connectivity index (χ1) is 11.2. The molecule has 0 spiro atoms. The third-order valence-electron chi connectivity index (χ3n) is 3.35. The summed E-state index contributed by atoms with van der Waals surface area (Å²) in [6, 6.07) is 11.2. The van der Waals surface area contributed by atoms with E-state index >= 15 is 0 Å². The fraction of sp³-hybridized carbons (Fsp3) is 0. The average molecular weight is 338 g/mol. The fourth-order valence-corrected chi connectivity index (χ4v) is 3.35. The van der Waals surface area contributed by atoms with Gasteiger partial charge in [-0.3, -0.25) is 0 Å². The van der Waals surface area contributed by atoms with Gasteiger partial charge in [0.15, 0.2) is 5.52 Å². The lowest BCUT2D eigenvalue weighted by atomic mass is 10.2. The summed E-state index contributed by atoms with van der Waals surface area (Å²) in [7, 11) is 0. The van der Waals surface area contributed by atoms with E-state index in [-0.39, 0.29) is 0 Å². The Morgan fingerprint density at radius 3 is 2.61 bits per heavy atom. The van der Waals surface area contributed by atoms with Crippen LogP contribution in [0.1, 0.15) is 0 Å². The predicted octanol–water partition coefficient (Wildman–Crippen LogP) is 5.19. The average Bonchev–Trinajstić information content (AvgIpc) is 3.00. The Morgan fingerprint density at radius 1 is 1.04 bits per heavy atom. The summed E-state index contributed by atoms with van der Waals surface area (Å²) in [5, 5.41) is 5.24. The van der Waals surface area contributed by atoms with Crippen molar-refractivity contribution < 1.29 is 0 Å². The number of benzene rings is 2. The first kappa shape index (κ1) is 13.9. The molecule has 0 radical (unpaired) electrons. The van der Waals surface area contributed by atoms with Crippen LogP contribution >= 0.6 is 22.9 Å². The van der Waals surface area contributed by atoms with Gasteiger partial charge in [-0.1, -0.05) is 18.2 Å². The second-order valence-electron chi connectivity index (χ2n) is 4.77. The van der Waals surface area contributed by atoms with E-state index in [2.05, 4.69) is 25.1 Å². The summed E-state index contributed by atoms with van der Waals surface area (Å²) in [5.74, 6) is 0.683. The number of rotatable bonds is 2. The number of fused-ring (bicyclic) bond motifs is 3. The Hall–Kier alpha value is -2.75. The van der Waals surface area contributed by atoms with Crippen LogP contribution in [0.4, 0.5) is 16.6 Å². The highest BCUT2D eigenvalue weighted by Gasteiger charge is 2.14. The van der Waals surface area contributed by atoms with E-state index in [9.17, 15) is 0 Å². The highest BCUT2D eigenvalue weighted by molar-refractivity contribution is 7.23. The predicted molar refractivity (Wildman–Crippen MR) is 93.7 cm³/mol. The van der Waals surface area contributed by atoms with Crippen molar-refractivity contribution in [3.63, 3.8) is 0 Å². The number of anilines is 2. The van der Waals surface area contributed by atoms with Gasteiger partial charge in [0, 0.05) is 10.7 Å². The lowest BCUT2D eigenvalue weighted by Crippen LogP contribution is -1.96. The number of halogens is 1. The summed E-state index contributed by atoms with van der Waals surface area (Å²) < 4.78 is 0.908. The van der Waals surface area contributed by atoms with Gasteiger partial charge in [-0.2, -0.15) is 0 Å². The topological polar surface area (TPSA) is 55.1 Å². The molecule has 0 fully saturated rings. The maximum atomic E-state index is 7.15. The molecule has 2 aromatic carbocycles. The largest absolute Gasteiger partial charge is 0.351 e. The van der Waals surface area contributed by atoms with E-state index in [1.807, 2.05) is 36.4 Å². The van der Waals surface area contributed by atoms with Crippen LogP contribution in [0.25, 0.3) is 26.0 Å². The number of nitrogens with one attached hydrogen (secondary N) is 1. The fourth-order valence-electron chi connectivity index (χ4n) is 2.33. The number of nitrogens with zero attached hydrogens (tertiary/aromatic N) is 4. The molecule has 7 heteroatoms. The molecule has 4 aromatic rings. The molecule has 0 saturated carbocycles. The van der Waals surface area contributed by atoms with Crippen LogP contribution in [-0.4, -0.2) is 15.0 Å². The first-order valence-corrected chi connectivity index (χ1v) is 7.88. The van der Waals surface area contributed by atoms with Crippen LogP contribution in [-0.2, 0) is 0 Å². The molecule has 23 heavy (non-hydrogen) atoms. The van der Waals surface area contributed by atoms with Crippen molar-refractivity contribution in [1.29, 1.82) is 0 Å². The Kier molecular flexibility index (Phi) is 3.30. The van der Waals surface area contributed by atoms with Crippen molar-refractivity contribution in [2.75, 3.05) is 5.32 Å². The molecule has 4 rings (SSSR count). The van der Waals surface area contributed by atoms with Gasteiger partial charge < -0.3 is 10.2 Å². The SMILES string of the molecule is [C-]#[N+]c1nc2ccc3ncnc(Nc4ccc(Cl)cc4)c3c2s1. The molecule has 0 unspecified atom stereocenters. The molecule has 0 aliphatic carbocycles. The monoisotopic (exact) mass is 337 g/mol. The van der Waals surface area contributed by atoms with Crippen molar-refractivity contribution >= 4 is 60.7 Å². The lowest BCUT2D eigenvalue weighted by molar-refractivity contribution is 1.22. The molecule has 0 atom stereocenters. The van der Waals surface area contributed by atoms with Crippen LogP contribution in [0.5, 0.6) is 0 Å². The zero-order chi connectivity index (χ0) is 15.8. The molecular formula is C16H8ClN5S. The normalized spacial score (nSPS) is 10.8. The minimum atomic E-state index is 0.411. The minimum absolute atomic E-state index is 0.411. The van der Waals surface area contributed by atoms with Gasteiger partial charge >= 0.3 is 5.13 Å². The Labute approximate surface area is 140 Å². The van der Waals surface area contributed by atoms with Gasteiger partial charge in [-0.15, -0.1) is 16.3 Å². The number of aromatic nitrogens is 3. The van der Waals surface area contributed by atoms with Crippen LogP contribution in [0.3, 0.4) is 0 Å². The molecule has 0 amide bonds. The standard InChI is InChI=1S/C16H8ClN5S/c1-18-16-22-12-7-6-11-13(14(12)23-16)15(20-8-19-11)21-10-4-2-9(17)3-5-10/h2-8H,(H,19,20,21). The Balaban J connectivity index is 1.93. The van der Waals surface area contributed by atoms with E-state index in [0.29, 0.717) is 16.0 Å². The molecule has 0 aliphatic rings. The van der Waals surface area contributed by atoms with Crippen molar-refractivity contribution in [2.45, 2.75) is 0 Å². The lowest BCUT2D eigenvalue weighted by Gasteiger charge is -2.08. The summed E-state index contributed by atoms with van der Waals surface area (Å²) in [4.78, 5) is 16.4.